The van der Waals surface area contributed by atoms with Crippen molar-refractivity contribution in [1.29, 1.82) is 0 Å². The van der Waals surface area contributed by atoms with Crippen LogP contribution in [0.4, 0.5) is 0 Å². The van der Waals surface area contributed by atoms with Crippen LogP contribution in [0.3, 0.4) is 0 Å². The maximum absolute atomic E-state index is 12.4. The molecule has 25 heavy (non-hydrogen) atoms. The van der Waals surface area contributed by atoms with E-state index in [0.717, 1.165) is 26.1 Å². The number of pyridine rings is 1. The van der Waals surface area contributed by atoms with Gasteiger partial charge >= 0.3 is 0 Å². The van der Waals surface area contributed by atoms with Gasteiger partial charge in [0.2, 0.25) is 0 Å². The Morgan fingerprint density at radius 1 is 1.28 bits per heavy atom. The van der Waals surface area contributed by atoms with Crippen molar-refractivity contribution < 1.29 is 9.53 Å². The Balaban J connectivity index is 1.59. The van der Waals surface area contributed by atoms with Crippen LogP contribution in [-0.2, 0) is 11.3 Å². The first-order chi connectivity index (χ1) is 12.3. The van der Waals surface area contributed by atoms with Crippen LogP contribution < -0.4 is 5.32 Å². The summed E-state index contributed by atoms with van der Waals surface area (Å²) in [6, 6.07) is 13.9. The summed E-state index contributed by atoms with van der Waals surface area (Å²) < 4.78 is 5.97. The lowest BCUT2D eigenvalue weighted by Crippen LogP contribution is -2.53. The predicted molar refractivity (Wildman–Crippen MR) is 97.2 cm³/mol. The van der Waals surface area contributed by atoms with Gasteiger partial charge in [-0.1, -0.05) is 37.3 Å². The molecule has 132 valence electrons. The van der Waals surface area contributed by atoms with Crippen LogP contribution in [-0.4, -0.2) is 47.6 Å². The molecule has 2 heterocycles. The normalized spacial score (nSPS) is 19.3. The predicted octanol–water partition coefficient (Wildman–Crippen LogP) is 2.49. The summed E-state index contributed by atoms with van der Waals surface area (Å²) in [7, 11) is 0. The third-order valence-electron chi connectivity index (χ3n) is 4.57. The molecule has 5 heteroatoms. The highest BCUT2D eigenvalue weighted by atomic mass is 16.5. The van der Waals surface area contributed by atoms with Crippen LogP contribution in [0.2, 0.25) is 0 Å². The van der Waals surface area contributed by atoms with E-state index in [1.807, 2.05) is 6.07 Å². The molecular weight excluding hydrogens is 314 g/mol. The maximum atomic E-state index is 12.4. The first-order valence-electron chi connectivity index (χ1n) is 8.85. The van der Waals surface area contributed by atoms with Gasteiger partial charge in [-0.05, 0) is 24.1 Å². The first-order valence-corrected chi connectivity index (χ1v) is 8.85. The van der Waals surface area contributed by atoms with Crippen LogP contribution in [0, 0.1) is 0 Å². The zero-order valence-electron chi connectivity index (χ0n) is 14.6. The standard InChI is InChI=1S/C20H25N3O2/c1-2-18(22-20(24)17-8-10-21-11-9-17)19-15-23(12-13-25-19)14-16-6-4-3-5-7-16/h3-11,18-19H,2,12-15H2,1H3,(H,22,24)/t18-,19+/m0/s1. The van der Waals surface area contributed by atoms with Crippen LogP contribution in [0.5, 0.6) is 0 Å². The summed E-state index contributed by atoms with van der Waals surface area (Å²) in [5, 5.41) is 3.12. The van der Waals surface area contributed by atoms with Crippen molar-refractivity contribution in [2.75, 3.05) is 19.7 Å². The second-order valence-corrected chi connectivity index (χ2v) is 6.35. The molecule has 2 aromatic rings. The van der Waals surface area contributed by atoms with E-state index in [4.69, 9.17) is 4.74 Å². The van der Waals surface area contributed by atoms with Gasteiger partial charge in [-0.15, -0.1) is 0 Å². The van der Waals surface area contributed by atoms with Crippen molar-refractivity contribution >= 4 is 5.91 Å². The van der Waals surface area contributed by atoms with Crippen molar-refractivity contribution in [3.05, 3.63) is 66.0 Å². The van der Waals surface area contributed by atoms with Gasteiger partial charge in [-0.25, -0.2) is 0 Å². The fourth-order valence-electron chi connectivity index (χ4n) is 3.17. The van der Waals surface area contributed by atoms with Gasteiger partial charge in [0.1, 0.15) is 0 Å². The first kappa shape index (κ1) is 17.6. The van der Waals surface area contributed by atoms with Crippen molar-refractivity contribution in [2.24, 2.45) is 0 Å². The molecule has 1 amide bonds. The van der Waals surface area contributed by atoms with Crippen molar-refractivity contribution in [2.45, 2.75) is 32.0 Å². The number of benzene rings is 1. The van der Waals surface area contributed by atoms with E-state index in [1.165, 1.54) is 5.56 Å². The lowest BCUT2D eigenvalue weighted by atomic mass is 10.0. The van der Waals surface area contributed by atoms with E-state index < -0.39 is 0 Å². The molecule has 2 atom stereocenters. The second-order valence-electron chi connectivity index (χ2n) is 6.35. The largest absolute Gasteiger partial charge is 0.373 e. The summed E-state index contributed by atoms with van der Waals surface area (Å²) >= 11 is 0. The van der Waals surface area contributed by atoms with E-state index >= 15 is 0 Å². The smallest absolute Gasteiger partial charge is 0.251 e. The molecule has 5 nitrogen and oxygen atoms in total. The van der Waals surface area contributed by atoms with Gasteiger partial charge in [0, 0.05) is 37.6 Å². The number of nitrogens with zero attached hydrogens (tertiary/aromatic N) is 2. The monoisotopic (exact) mass is 339 g/mol. The van der Waals surface area contributed by atoms with Crippen molar-refractivity contribution in [1.82, 2.24) is 15.2 Å². The highest BCUT2D eigenvalue weighted by Gasteiger charge is 2.28. The lowest BCUT2D eigenvalue weighted by Gasteiger charge is -2.37. The molecule has 1 aromatic carbocycles. The Kier molecular flexibility index (Phi) is 6.14. The van der Waals surface area contributed by atoms with Crippen LogP contribution >= 0.6 is 0 Å². The summed E-state index contributed by atoms with van der Waals surface area (Å²) in [6.45, 7) is 5.43. The Hall–Kier alpha value is -2.24. The Morgan fingerprint density at radius 2 is 2.04 bits per heavy atom. The molecule has 0 saturated carbocycles. The zero-order valence-corrected chi connectivity index (χ0v) is 14.6. The van der Waals surface area contributed by atoms with Gasteiger partial charge in [0.15, 0.2) is 0 Å². The number of hydrogen-bond acceptors (Lipinski definition) is 4. The third-order valence-corrected chi connectivity index (χ3v) is 4.57. The maximum Gasteiger partial charge on any atom is 0.251 e. The Labute approximate surface area is 149 Å². The molecule has 1 N–H and O–H groups in total. The fourth-order valence-corrected chi connectivity index (χ4v) is 3.17. The van der Waals surface area contributed by atoms with Gasteiger partial charge in [-0.2, -0.15) is 0 Å². The molecule has 0 radical (unpaired) electrons. The van der Waals surface area contributed by atoms with E-state index in [2.05, 4.69) is 46.4 Å². The van der Waals surface area contributed by atoms with Gasteiger partial charge in [0.05, 0.1) is 18.8 Å². The molecule has 1 aliphatic rings. The number of carbonyl (C=O) groups excluding carboxylic acids is 1. The Bertz CT molecular complexity index is 663. The molecule has 0 aliphatic carbocycles. The van der Waals surface area contributed by atoms with E-state index in [0.29, 0.717) is 12.2 Å². The summed E-state index contributed by atoms with van der Waals surface area (Å²) in [5.74, 6) is -0.0713. The molecule has 3 rings (SSSR count). The molecular formula is C20H25N3O2. The minimum absolute atomic E-state index is 0.000705. The minimum Gasteiger partial charge on any atom is -0.373 e. The van der Waals surface area contributed by atoms with E-state index in [9.17, 15) is 4.79 Å². The average molecular weight is 339 g/mol. The lowest BCUT2D eigenvalue weighted by molar-refractivity contribution is -0.0483. The molecule has 0 bridgehead atoms. The van der Waals surface area contributed by atoms with E-state index in [-0.39, 0.29) is 18.1 Å². The number of carbonyl (C=O) groups is 1. The quantitative estimate of drug-likeness (QED) is 0.878. The number of ether oxygens (including phenoxy) is 1. The van der Waals surface area contributed by atoms with Gasteiger partial charge in [0.25, 0.3) is 5.91 Å². The number of rotatable bonds is 6. The number of aromatic nitrogens is 1. The molecule has 0 unspecified atom stereocenters. The third kappa shape index (κ3) is 4.87. The molecule has 1 saturated heterocycles. The molecule has 0 spiro atoms. The fraction of sp³-hybridized carbons (Fsp3) is 0.400. The second kappa shape index (κ2) is 8.74. The number of morpholine rings is 1. The highest BCUT2D eigenvalue weighted by Crippen LogP contribution is 2.15. The topological polar surface area (TPSA) is 54.5 Å². The number of hydrogen-bond donors (Lipinski definition) is 1. The SMILES string of the molecule is CC[C@H](NC(=O)c1ccncc1)[C@H]1CN(Cc2ccccc2)CCO1. The van der Waals surface area contributed by atoms with Crippen LogP contribution in [0.1, 0.15) is 29.3 Å². The summed E-state index contributed by atoms with van der Waals surface area (Å²) in [4.78, 5) is 18.8. The van der Waals surface area contributed by atoms with Gasteiger partial charge < -0.3 is 10.1 Å². The minimum atomic E-state index is -0.0713. The summed E-state index contributed by atoms with van der Waals surface area (Å²) in [5.41, 5.74) is 1.93. The molecule has 1 aliphatic heterocycles. The zero-order chi connectivity index (χ0) is 17.5. The molecule has 1 fully saturated rings. The van der Waals surface area contributed by atoms with Gasteiger partial charge in [-0.3, -0.25) is 14.7 Å². The number of amides is 1. The summed E-state index contributed by atoms with van der Waals surface area (Å²) in [6.07, 6.45) is 4.11. The van der Waals surface area contributed by atoms with Crippen molar-refractivity contribution in [3.8, 4) is 0 Å². The van der Waals surface area contributed by atoms with Crippen LogP contribution in [0.15, 0.2) is 54.9 Å². The highest BCUT2D eigenvalue weighted by molar-refractivity contribution is 5.94. The van der Waals surface area contributed by atoms with Crippen molar-refractivity contribution in [3.63, 3.8) is 0 Å². The molecule has 1 aromatic heterocycles. The van der Waals surface area contributed by atoms with Crippen LogP contribution in [0.25, 0.3) is 0 Å². The number of nitrogens with one attached hydrogen (secondary N) is 1. The Morgan fingerprint density at radius 3 is 2.76 bits per heavy atom. The van der Waals surface area contributed by atoms with E-state index in [1.54, 1.807) is 24.5 Å². The average Bonchev–Trinajstić information content (AvgIpc) is 2.67.